The van der Waals surface area contributed by atoms with Crippen LogP contribution in [0.3, 0.4) is 0 Å². The van der Waals surface area contributed by atoms with E-state index in [4.69, 9.17) is 24.7 Å². The largest absolute Gasteiger partial charge is 2.00 e. The van der Waals surface area contributed by atoms with Gasteiger partial charge in [0.1, 0.15) is 5.92 Å². The van der Waals surface area contributed by atoms with Crippen LogP contribution in [0.15, 0.2) is 43.5 Å². The van der Waals surface area contributed by atoms with Crippen molar-refractivity contribution in [3.05, 3.63) is 94.1 Å². The molecule has 3 aliphatic rings. The third-order valence-electron chi connectivity index (χ3n) is 8.52. The molecule has 0 fully saturated rings. The van der Waals surface area contributed by atoms with Crippen molar-refractivity contribution in [2.45, 2.75) is 39.9 Å². The van der Waals surface area contributed by atoms with Crippen LogP contribution in [0.2, 0.25) is 0 Å². The van der Waals surface area contributed by atoms with Gasteiger partial charge in [-0.3, -0.25) is 9.59 Å². The fourth-order valence-electron chi connectivity index (χ4n) is 6.13. The molecule has 0 saturated carbocycles. The number of methoxy groups -OCH3 is 1. The Morgan fingerprint density at radius 1 is 0.911 bits per heavy atom. The van der Waals surface area contributed by atoms with Gasteiger partial charge in [0.15, 0.2) is 12.1 Å². The molecular weight excluding hydrogens is 581 g/mol. The number of hydrogen-bond acceptors (Lipinski definition) is 7. The number of allylic oxidation sites excluding steroid dienone is 5. The van der Waals surface area contributed by atoms with E-state index in [-0.39, 0.29) is 23.1 Å². The molecule has 45 heavy (non-hydrogen) atoms. The van der Waals surface area contributed by atoms with E-state index in [1.165, 1.54) is 19.3 Å². The summed E-state index contributed by atoms with van der Waals surface area (Å²) in [4.78, 5) is 46.7. The molecule has 3 aromatic heterocycles. The maximum absolute atomic E-state index is 13.9. The van der Waals surface area contributed by atoms with Gasteiger partial charge >= 0.3 is 29.0 Å². The van der Waals surface area contributed by atoms with Gasteiger partial charge in [-0.1, -0.05) is 60.7 Å². The van der Waals surface area contributed by atoms with E-state index in [0.717, 1.165) is 27.8 Å². The summed E-state index contributed by atoms with van der Waals surface area (Å²) in [7, 11) is 1.23. The average molecular weight is 611 g/mol. The first-order valence-electron chi connectivity index (χ1n) is 14.0. The summed E-state index contributed by atoms with van der Waals surface area (Å²) in [5, 5.41) is 19.3. The van der Waals surface area contributed by atoms with E-state index in [2.05, 4.69) is 13.2 Å². The number of aryl methyl sites for hydroxylation is 2. The van der Waals surface area contributed by atoms with Gasteiger partial charge in [0, 0.05) is 11.1 Å². The number of carbonyl (C=O) groups is 2. The molecule has 1 atom stereocenters. The standard InChI is InChI=1S/C35H31N4O5.Mg/c1-8-19-15(3)22-12-24-17(5)21(10-11-28(40)41)32(38-24)30-31(35(43)44-7)34(42)29-18(6)25(39-33(29)30)14-27-20(9-2)16(4)23(37-27)13-26(19)36-22;/h8-14,28,31,40-41H,1-2H2,3-7H3,(H-,36,37,38,39,42);/q-1;+2/p-1/b11-10+,22-12?,23-13?,24-12?,25-14?,26-13?,27-14?,32-30?;/t31-;/m1./s1. The van der Waals surface area contributed by atoms with Crippen molar-refractivity contribution in [1.82, 2.24) is 19.9 Å². The van der Waals surface area contributed by atoms with Crippen LogP contribution in [0.4, 0.5) is 0 Å². The van der Waals surface area contributed by atoms with Gasteiger partial charge in [0.05, 0.1) is 29.9 Å². The van der Waals surface area contributed by atoms with E-state index < -0.39 is 24.0 Å². The number of aliphatic hydroxyl groups is 2. The molecule has 9 nitrogen and oxygen atoms in total. The van der Waals surface area contributed by atoms with Gasteiger partial charge in [-0.2, -0.15) is 0 Å². The van der Waals surface area contributed by atoms with Crippen LogP contribution in [0.5, 0.6) is 0 Å². The number of aliphatic hydroxyl groups excluding tert-OH is 1. The first-order valence-corrected chi connectivity index (χ1v) is 14.0. The predicted molar refractivity (Wildman–Crippen MR) is 176 cm³/mol. The second-order valence-corrected chi connectivity index (χ2v) is 10.9. The van der Waals surface area contributed by atoms with Gasteiger partial charge in [-0.05, 0) is 61.6 Å². The van der Waals surface area contributed by atoms with Crippen LogP contribution in [-0.2, 0) is 14.3 Å². The number of hydrogen-bond donors (Lipinski definition) is 2. The molecule has 222 valence electrons. The maximum atomic E-state index is 13.9. The van der Waals surface area contributed by atoms with E-state index in [1.807, 2.05) is 39.0 Å². The second-order valence-electron chi connectivity index (χ2n) is 10.9. The molecule has 2 aliphatic heterocycles. The zero-order valence-electron chi connectivity index (χ0n) is 25.7. The van der Waals surface area contributed by atoms with E-state index in [1.54, 1.807) is 19.1 Å². The molecule has 6 rings (SSSR count). The number of Topliss-reactive ketones (excluding diaryl/α,β-unsaturated/α-hetero) is 1. The van der Waals surface area contributed by atoms with Crippen molar-refractivity contribution in [3.63, 3.8) is 0 Å². The fraction of sp³-hybridized carbons (Fsp3) is 0.200. The number of esters is 1. The Morgan fingerprint density at radius 3 is 2.18 bits per heavy atom. The Balaban J connectivity index is 0.00000400. The molecule has 8 bridgehead atoms. The first kappa shape index (κ1) is 32.1. The van der Waals surface area contributed by atoms with Crippen molar-refractivity contribution in [2.24, 2.45) is 0 Å². The van der Waals surface area contributed by atoms with Crippen molar-refractivity contribution in [1.29, 1.82) is 0 Å². The molecule has 0 spiro atoms. The molecule has 0 aromatic carbocycles. The third kappa shape index (κ3) is 4.94. The molecule has 1 aliphatic carbocycles. The smallest absolute Gasteiger partial charge is 0.657 e. The van der Waals surface area contributed by atoms with Crippen molar-refractivity contribution >= 4 is 91.3 Å². The summed E-state index contributed by atoms with van der Waals surface area (Å²) in [5.74, 6) is -2.46. The second kappa shape index (κ2) is 11.9. The topological polar surface area (TPSA) is 138 Å². The SMILES string of the molecule is C=CC1=C(C)c2cc3[n-]c(c(/C=C/C(O)O)c3C)c3c4nc(cc5[n-]c(cc1n2)c(C)c5C=C)C(C)=C4C(=O)[C@@H]3C(=O)OC.[Mg+2]. The normalized spacial score (nSPS) is 15.7. The van der Waals surface area contributed by atoms with Gasteiger partial charge < -0.3 is 24.9 Å². The van der Waals surface area contributed by atoms with Gasteiger partial charge in [0.2, 0.25) is 0 Å². The van der Waals surface area contributed by atoms with Crippen LogP contribution >= 0.6 is 0 Å². The average Bonchev–Trinajstić information content (AvgIpc) is 3.72. The van der Waals surface area contributed by atoms with Gasteiger partial charge in [-0.25, -0.2) is 9.97 Å². The molecular formula is C35H30MgN4O5. The summed E-state index contributed by atoms with van der Waals surface area (Å²) in [6, 6.07) is 5.56. The summed E-state index contributed by atoms with van der Waals surface area (Å²) in [5.41, 5.74) is 10.3. The number of aromatic nitrogens is 4. The number of ketones is 1. The molecule has 0 unspecified atom stereocenters. The number of fused-ring (bicyclic) bond motifs is 8. The zero-order valence-corrected chi connectivity index (χ0v) is 27.1. The number of nitrogens with zero attached hydrogens (tertiary/aromatic N) is 4. The Hall–Kier alpha value is -4.35. The summed E-state index contributed by atoms with van der Waals surface area (Å²) >= 11 is 0. The van der Waals surface area contributed by atoms with E-state index in [0.29, 0.717) is 67.2 Å². The summed E-state index contributed by atoms with van der Waals surface area (Å²) in [6.07, 6.45) is 4.48. The third-order valence-corrected chi connectivity index (χ3v) is 8.52. The Morgan fingerprint density at radius 2 is 1.53 bits per heavy atom. The minimum absolute atomic E-state index is 0. The van der Waals surface area contributed by atoms with Crippen LogP contribution < -0.4 is 9.97 Å². The van der Waals surface area contributed by atoms with Crippen LogP contribution in [-0.4, -0.2) is 68.4 Å². The Kier molecular flexibility index (Phi) is 8.45. The van der Waals surface area contributed by atoms with Crippen LogP contribution in [0, 0.1) is 13.8 Å². The van der Waals surface area contributed by atoms with E-state index in [9.17, 15) is 19.8 Å². The van der Waals surface area contributed by atoms with Gasteiger partial charge in [0.25, 0.3) is 0 Å². The fourth-order valence-corrected chi connectivity index (χ4v) is 6.13. The predicted octanol–water partition coefficient (Wildman–Crippen LogP) is 4.66. The summed E-state index contributed by atoms with van der Waals surface area (Å²) < 4.78 is 5.08. The first-order chi connectivity index (χ1) is 21.0. The number of carbonyl (C=O) groups excluding carboxylic acids is 2. The molecule has 0 radical (unpaired) electrons. The minimum Gasteiger partial charge on any atom is -0.657 e. The molecule has 3 aromatic rings. The Bertz CT molecular complexity index is 2110. The van der Waals surface area contributed by atoms with Crippen molar-refractivity contribution < 1.29 is 24.5 Å². The maximum Gasteiger partial charge on any atom is 2.00 e. The van der Waals surface area contributed by atoms with Crippen molar-refractivity contribution in [3.8, 4) is 0 Å². The molecule has 10 heteroatoms. The van der Waals surface area contributed by atoms with Crippen molar-refractivity contribution in [2.75, 3.05) is 7.11 Å². The number of rotatable bonds is 5. The quantitative estimate of drug-likeness (QED) is 0.183. The van der Waals surface area contributed by atoms with E-state index >= 15 is 0 Å². The molecule has 0 amide bonds. The zero-order chi connectivity index (χ0) is 31.6. The summed E-state index contributed by atoms with van der Waals surface area (Å²) in [6.45, 7) is 15.6. The van der Waals surface area contributed by atoms with Gasteiger partial charge in [-0.15, -0.1) is 22.1 Å². The number of ether oxygens (including phenoxy) is 1. The van der Waals surface area contributed by atoms with Crippen LogP contribution in [0.1, 0.15) is 70.4 Å². The van der Waals surface area contributed by atoms with Crippen LogP contribution in [0.25, 0.3) is 56.5 Å². The Labute approximate surface area is 275 Å². The molecule has 5 heterocycles. The molecule has 0 saturated heterocycles. The monoisotopic (exact) mass is 610 g/mol. The minimum atomic E-state index is -1.73. The molecule has 2 N–H and O–H groups in total.